The maximum Gasteiger partial charge on any atom is 0.321 e. The molecule has 0 aliphatic carbocycles. The van der Waals surface area contributed by atoms with E-state index in [9.17, 15) is 4.79 Å². The molecule has 94 valence electrons. The third kappa shape index (κ3) is 2.88. The number of benzene rings is 1. The minimum absolute atomic E-state index is 0.286. The number of carbonyl (C=O) groups is 1. The average molecular weight is 245 g/mol. The highest BCUT2D eigenvalue weighted by Gasteiger charge is 2.12. The molecule has 0 saturated heterocycles. The summed E-state index contributed by atoms with van der Waals surface area (Å²) in [5, 5.41) is 9.07. The van der Waals surface area contributed by atoms with E-state index in [1.54, 1.807) is 6.20 Å². The van der Waals surface area contributed by atoms with E-state index in [4.69, 9.17) is 4.52 Å². The molecule has 0 unspecified atom stereocenters. The van der Waals surface area contributed by atoms with Crippen LogP contribution >= 0.6 is 0 Å². The van der Waals surface area contributed by atoms with E-state index in [1.165, 1.54) is 0 Å². The summed E-state index contributed by atoms with van der Waals surface area (Å²) in [6.45, 7) is 2.62. The first-order valence-corrected chi connectivity index (χ1v) is 5.86. The van der Waals surface area contributed by atoms with Gasteiger partial charge in [-0.05, 0) is 12.0 Å². The number of anilines is 1. The van der Waals surface area contributed by atoms with E-state index >= 15 is 0 Å². The SMILES string of the molecule is CCCNC(=O)Nc1oncc1-c1ccccc1. The number of amides is 2. The van der Waals surface area contributed by atoms with Crippen LogP contribution < -0.4 is 10.6 Å². The molecule has 2 amide bonds. The van der Waals surface area contributed by atoms with Crippen molar-refractivity contribution in [3.8, 4) is 11.1 Å². The van der Waals surface area contributed by atoms with Gasteiger partial charge in [-0.25, -0.2) is 4.79 Å². The summed E-state index contributed by atoms with van der Waals surface area (Å²) >= 11 is 0. The molecule has 0 saturated carbocycles. The van der Waals surface area contributed by atoms with Gasteiger partial charge in [-0.2, -0.15) is 0 Å². The predicted octanol–water partition coefficient (Wildman–Crippen LogP) is 2.87. The summed E-state index contributed by atoms with van der Waals surface area (Å²) < 4.78 is 5.05. The fourth-order valence-corrected chi connectivity index (χ4v) is 1.54. The van der Waals surface area contributed by atoms with Crippen molar-refractivity contribution in [2.75, 3.05) is 11.9 Å². The van der Waals surface area contributed by atoms with Crippen LogP contribution in [0.15, 0.2) is 41.1 Å². The molecule has 1 aromatic heterocycles. The van der Waals surface area contributed by atoms with E-state index in [-0.39, 0.29) is 6.03 Å². The van der Waals surface area contributed by atoms with Crippen LogP contribution in [0.5, 0.6) is 0 Å². The minimum atomic E-state index is -0.286. The first-order valence-electron chi connectivity index (χ1n) is 5.86. The summed E-state index contributed by atoms with van der Waals surface area (Å²) in [5.74, 6) is 0.356. The molecular weight excluding hydrogens is 230 g/mol. The average Bonchev–Trinajstić information content (AvgIpc) is 2.85. The third-order valence-electron chi connectivity index (χ3n) is 2.42. The quantitative estimate of drug-likeness (QED) is 0.870. The number of nitrogens with one attached hydrogen (secondary N) is 2. The van der Waals surface area contributed by atoms with Crippen LogP contribution in [0.1, 0.15) is 13.3 Å². The van der Waals surface area contributed by atoms with Crippen molar-refractivity contribution in [1.29, 1.82) is 0 Å². The molecule has 0 radical (unpaired) electrons. The number of rotatable bonds is 4. The topological polar surface area (TPSA) is 67.2 Å². The lowest BCUT2D eigenvalue weighted by Gasteiger charge is -2.05. The Morgan fingerprint density at radius 3 is 2.83 bits per heavy atom. The Morgan fingerprint density at radius 2 is 2.11 bits per heavy atom. The summed E-state index contributed by atoms with van der Waals surface area (Å²) in [7, 11) is 0. The van der Waals surface area contributed by atoms with E-state index in [2.05, 4.69) is 15.8 Å². The van der Waals surface area contributed by atoms with Crippen LogP contribution in [0.4, 0.5) is 10.7 Å². The van der Waals surface area contributed by atoms with Crippen LogP contribution in [0, 0.1) is 0 Å². The highest BCUT2D eigenvalue weighted by atomic mass is 16.5. The molecule has 0 fully saturated rings. The zero-order valence-electron chi connectivity index (χ0n) is 10.1. The molecule has 5 nitrogen and oxygen atoms in total. The van der Waals surface area contributed by atoms with Gasteiger partial charge in [-0.1, -0.05) is 42.4 Å². The highest BCUT2D eigenvalue weighted by molar-refractivity contribution is 5.92. The molecule has 18 heavy (non-hydrogen) atoms. The Balaban J connectivity index is 2.11. The van der Waals surface area contributed by atoms with Gasteiger partial charge in [-0.3, -0.25) is 5.32 Å². The molecule has 0 bridgehead atoms. The summed E-state index contributed by atoms with van der Waals surface area (Å²) in [4.78, 5) is 11.5. The monoisotopic (exact) mass is 245 g/mol. The molecule has 2 N–H and O–H groups in total. The van der Waals surface area contributed by atoms with Crippen LogP contribution in [0.2, 0.25) is 0 Å². The summed E-state index contributed by atoms with van der Waals surface area (Å²) in [5.41, 5.74) is 1.71. The van der Waals surface area contributed by atoms with Crippen molar-refractivity contribution < 1.29 is 9.32 Å². The van der Waals surface area contributed by atoms with Crippen molar-refractivity contribution in [1.82, 2.24) is 10.5 Å². The molecule has 0 atom stereocenters. The minimum Gasteiger partial charge on any atom is -0.338 e. The number of hydrogen-bond acceptors (Lipinski definition) is 3. The molecule has 0 aliphatic rings. The zero-order chi connectivity index (χ0) is 12.8. The van der Waals surface area contributed by atoms with Crippen molar-refractivity contribution in [3.63, 3.8) is 0 Å². The number of aromatic nitrogens is 1. The Kier molecular flexibility index (Phi) is 3.96. The second kappa shape index (κ2) is 5.86. The lowest BCUT2D eigenvalue weighted by molar-refractivity contribution is 0.251. The number of nitrogens with zero attached hydrogens (tertiary/aromatic N) is 1. The van der Waals surface area contributed by atoms with Gasteiger partial charge in [-0.15, -0.1) is 0 Å². The zero-order valence-corrected chi connectivity index (χ0v) is 10.1. The van der Waals surface area contributed by atoms with E-state index in [0.717, 1.165) is 17.5 Å². The molecule has 1 aromatic carbocycles. The molecule has 0 aliphatic heterocycles. The maximum atomic E-state index is 11.5. The fourth-order valence-electron chi connectivity index (χ4n) is 1.54. The second-order valence-electron chi connectivity index (χ2n) is 3.82. The van der Waals surface area contributed by atoms with Gasteiger partial charge >= 0.3 is 6.03 Å². The standard InChI is InChI=1S/C13H15N3O2/c1-2-8-14-13(17)16-12-11(9-15-18-12)10-6-4-3-5-7-10/h3-7,9H,2,8H2,1H3,(H2,14,16,17). The van der Waals surface area contributed by atoms with Crippen LogP contribution in [0.3, 0.4) is 0 Å². The van der Waals surface area contributed by atoms with Gasteiger partial charge in [0.25, 0.3) is 0 Å². The smallest absolute Gasteiger partial charge is 0.321 e. The van der Waals surface area contributed by atoms with Gasteiger partial charge in [0.1, 0.15) is 0 Å². The molecule has 1 heterocycles. The van der Waals surface area contributed by atoms with Crippen molar-refractivity contribution in [2.45, 2.75) is 13.3 Å². The van der Waals surface area contributed by atoms with Crippen molar-refractivity contribution in [2.24, 2.45) is 0 Å². The van der Waals surface area contributed by atoms with Gasteiger partial charge in [0.2, 0.25) is 5.88 Å². The van der Waals surface area contributed by atoms with Gasteiger partial charge in [0, 0.05) is 6.54 Å². The molecule has 2 rings (SSSR count). The van der Waals surface area contributed by atoms with Crippen LogP contribution in [0.25, 0.3) is 11.1 Å². The number of urea groups is 1. The first kappa shape index (κ1) is 12.2. The molecule has 2 aromatic rings. The predicted molar refractivity (Wildman–Crippen MR) is 69.3 cm³/mol. The number of carbonyl (C=O) groups excluding carboxylic acids is 1. The Hall–Kier alpha value is -2.30. The van der Waals surface area contributed by atoms with Gasteiger partial charge < -0.3 is 9.84 Å². The summed E-state index contributed by atoms with van der Waals surface area (Å²) in [6, 6.07) is 9.35. The lowest BCUT2D eigenvalue weighted by atomic mass is 10.1. The first-order chi connectivity index (χ1) is 8.81. The largest absolute Gasteiger partial charge is 0.338 e. The van der Waals surface area contributed by atoms with Crippen molar-refractivity contribution >= 4 is 11.9 Å². The third-order valence-corrected chi connectivity index (χ3v) is 2.42. The van der Waals surface area contributed by atoms with Crippen LogP contribution in [-0.2, 0) is 0 Å². The highest BCUT2D eigenvalue weighted by Crippen LogP contribution is 2.27. The molecular formula is C13H15N3O2. The van der Waals surface area contributed by atoms with Gasteiger partial charge in [0.15, 0.2) is 0 Å². The van der Waals surface area contributed by atoms with Gasteiger partial charge in [0.05, 0.1) is 11.8 Å². The normalized spacial score (nSPS) is 10.1. The van der Waals surface area contributed by atoms with Crippen molar-refractivity contribution in [3.05, 3.63) is 36.5 Å². The Bertz CT molecular complexity index is 508. The van der Waals surface area contributed by atoms with E-state index < -0.39 is 0 Å². The summed E-state index contributed by atoms with van der Waals surface area (Å²) in [6.07, 6.45) is 2.47. The molecule has 5 heteroatoms. The molecule has 0 spiro atoms. The van der Waals surface area contributed by atoms with E-state index in [0.29, 0.717) is 12.4 Å². The maximum absolute atomic E-state index is 11.5. The fraction of sp³-hybridized carbons (Fsp3) is 0.231. The Morgan fingerprint density at radius 1 is 1.33 bits per heavy atom. The Labute approximate surface area is 105 Å². The number of hydrogen-bond donors (Lipinski definition) is 2. The van der Waals surface area contributed by atoms with Crippen LogP contribution in [-0.4, -0.2) is 17.7 Å². The van der Waals surface area contributed by atoms with E-state index in [1.807, 2.05) is 37.3 Å². The lowest BCUT2D eigenvalue weighted by Crippen LogP contribution is -2.29. The second-order valence-corrected chi connectivity index (χ2v) is 3.82.